The number of ether oxygens (including phenoxy) is 3. The number of methoxy groups -OCH3 is 2. The van der Waals surface area contributed by atoms with Crippen LogP contribution in [0.2, 0.25) is 0 Å². The number of allylic oxidation sites excluding steroid dienone is 1. The van der Waals surface area contributed by atoms with Gasteiger partial charge in [-0.05, 0) is 49.2 Å². The SMILES string of the molecule is C=CCc1cc(-c2nn(-c3ccccc3)c(C(=O)OC)c2C(=O)OC)ccc1OCC. The van der Waals surface area contributed by atoms with Gasteiger partial charge in [0.1, 0.15) is 17.0 Å². The molecule has 7 heteroatoms. The Balaban J connectivity index is 2.31. The molecule has 0 bridgehead atoms. The zero-order chi connectivity index (χ0) is 22.4. The van der Waals surface area contributed by atoms with Gasteiger partial charge < -0.3 is 14.2 Å². The van der Waals surface area contributed by atoms with Gasteiger partial charge in [-0.25, -0.2) is 14.3 Å². The smallest absolute Gasteiger partial charge is 0.357 e. The summed E-state index contributed by atoms with van der Waals surface area (Å²) < 4.78 is 17.0. The predicted octanol–water partition coefficient (Wildman–Crippen LogP) is 4.24. The molecule has 0 aliphatic rings. The molecule has 0 unspecified atom stereocenters. The summed E-state index contributed by atoms with van der Waals surface area (Å²) >= 11 is 0. The van der Waals surface area contributed by atoms with Crippen LogP contribution in [-0.2, 0) is 15.9 Å². The van der Waals surface area contributed by atoms with Crippen molar-refractivity contribution in [3.8, 4) is 22.7 Å². The number of nitrogens with zero attached hydrogens (tertiary/aromatic N) is 2. The maximum absolute atomic E-state index is 12.7. The second kappa shape index (κ2) is 9.75. The molecule has 3 aromatic rings. The molecule has 1 aromatic heterocycles. The van der Waals surface area contributed by atoms with E-state index in [2.05, 4.69) is 11.7 Å². The van der Waals surface area contributed by atoms with Gasteiger partial charge in [0.05, 0.1) is 26.5 Å². The molecule has 0 aliphatic carbocycles. The van der Waals surface area contributed by atoms with Crippen molar-refractivity contribution in [1.29, 1.82) is 0 Å². The Bertz CT molecular complexity index is 1100. The molecule has 160 valence electrons. The van der Waals surface area contributed by atoms with Crippen molar-refractivity contribution in [1.82, 2.24) is 9.78 Å². The maximum Gasteiger partial charge on any atom is 0.357 e. The summed E-state index contributed by atoms with van der Waals surface area (Å²) in [6.45, 7) is 6.23. The quantitative estimate of drug-likeness (QED) is 0.401. The monoisotopic (exact) mass is 420 g/mol. The number of carbonyl (C=O) groups excluding carboxylic acids is 2. The van der Waals surface area contributed by atoms with Crippen molar-refractivity contribution in [2.24, 2.45) is 0 Å². The van der Waals surface area contributed by atoms with Crippen LogP contribution in [0.15, 0.2) is 61.2 Å². The summed E-state index contributed by atoms with van der Waals surface area (Å²) in [6.07, 6.45) is 2.34. The lowest BCUT2D eigenvalue weighted by Crippen LogP contribution is -2.15. The van der Waals surface area contributed by atoms with Crippen LogP contribution in [0.4, 0.5) is 0 Å². The Hall–Kier alpha value is -3.87. The van der Waals surface area contributed by atoms with E-state index in [1.54, 1.807) is 24.3 Å². The zero-order valence-electron chi connectivity index (χ0n) is 17.8. The molecule has 0 atom stereocenters. The Labute approximate surface area is 180 Å². The molecular weight excluding hydrogens is 396 g/mol. The Morgan fingerprint density at radius 2 is 1.77 bits per heavy atom. The molecule has 0 fully saturated rings. The molecule has 3 rings (SSSR count). The lowest BCUT2D eigenvalue weighted by Gasteiger charge is -2.11. The van der Waals surface area contributed by atoms with Gasteiger partial charge in [-0.3, -0.25) is 0 Å². The molecule has 0 amide bonds. The first-order valence-corrected chi connectivity index (χ1v) is 9.77. The molecule has 7 nitrogen and oxygen atoms in total. The summed E-state index contributed by atoms with van der Waals surface area (Å²) in [6, 6.07) is 14.5. The van der Waals surface area contributed by atoms with Crippen LogP contribution in [0.1, 0.15) is 33.3 Å². The number of esters is 2. The van der Waals surface area contributed by atoms with Crippen molar-refractivity contribution >= 4 is 11.9 Å². The van der Waals surface area contributed by atoms with Gasteiger partial charge in [0.25, 0.3) is 0 Å². The summed E-state index contributed by atoms with van der Waals surface area (Å²) in [7, 11) is 2.51. The lowest BCUT2D eigenvalue weighted by molar-refractivity contribution is 0.0549. The first-order chi connectivity index (χ1) is 15.0. The molecule has 0 N–H and O–H groups in total. The highest BCUT2D eigenvalue weighted by molar-refractivity contribution is 6.06. The van der Waals surface area contributed by atoms with Crippen molar-refractivity contribution in [3.63, 3.8) is 0 Å². The van der Waals surface area contributed by atoms with Crippen LogP contribution < -0.4 is 4.74 Å². The predicted molar refractivity (Wildman–Crippen MR) is 117 cm³/mol. The van der Waals surface area contributed by atoms with Crippen molar-refractivity contribution in [2.45, 2.75) is 13.3 Å². The summed E-state index contributed by atoms with van der Waals surface area (Å²) in [5, 5.41) is 4.61. The van der Waals surface area contributed by atoms with Gasteiger partial charge in [-0.1, -0.05) is 24.3 Å². The van der Waals surface area contributed by atoms with E-state index in [4.69, 9.17) is 14.2 Å². The van der Waals surface area contributed by atoms with E-state index in [9.17, 15) is 9.59 Å². The van der Waals surface area contributed by atoms with Gasteiger partial charge in [0.15, 0.2) is 5.69 Å². The summed E-state index contributed by atoms with van der Waals surface area (Å²) in [4.78, 5) is 25.4. The highest BCUT2D eigenvalue weighted by Crippen LogP contribution is 2.32. The molecule has 0 spiro atoms. The van der Waals surface area contributed by atoms with Crippen LogP contribution in [0.5, 0.6) is 5.75 Å². The third kappa shape index (κ3) is 4.35. The maximum atomic E-state index is 12.7. The fraction of sp³-hybridized carbons (Fsp3) is 0.208. The number of benzene rings is 2. The number of carbonyl (C=O) groups is 2. The van der Waals surface area contributed by atoms with Gasteiger partial charge in [0.2, 0.25) is 0 Å². The van der Waals surface area contributed by atoms with Crippen LogP contribution in [0, 0.1) is 0 Å². The molecule has 0 saturated carbocycles. The Morgan fingerprint density at radius 1 is 1.06 bits per heavy atom. The molecule has 0 radical (unpaired) electrons. The van der Waals surface area contributed by atoms with Gasteiger partial charge in [-0.2, -0.15) is 5.10 Å². The van der Waals surface area contributed by atoms with Crippen molar-refractivity contribution in [2.75, 3.05) is 20.8 Å². The van der Waals surface area contributed by atoms with E-state index in [1.165, 1.54) is 18.9 Å². The average molecular weight is 420 g/mol. The molecular formula is C24H24N2O5. The van der Waals surface area contributed by atoms with Gasteiger partial charge in [-0.15, -0.1) is 6.58 Å². The number of hydrogen-bond donors (Lipinski definition) is 0. The zero-order valence-corrected chi connectivity index (χ0v) is 17.8. The van der Waals surface area contributed by atoms with E-state index in [-0.39, 0.29) is 11.3 Å². The Kier molecular flexibility index (Phi) is 6.87. The summed E-state index contributed by atoms with van der Waals surface area (Å²) in [5.41, 5.74) is 2.47. The van der Waals surface area contributed by atoms with E-state index < -0.39 is 11.9 Å². The third-order valence-electron chi connectivity index (χ3n) is 4.65. The molecule has 0 aliphatic heterocycles. The standard InChI is InChI=1S/C24H24N2O5/c1-5-10-16-15-17(13-14-19(16)31-6-2)21-20(23(27)29-3)22(24(28)30-4)26(25-21)18-11-8-7-9-12-18/h5,7-9,11-15H,1,6,10H2,2-4H3. The van der Waals surface area contributed by atoms with E-state index in [1.807, 2.05) is 37.3 Å². The fourth-order valence-electron chi connectivity index (χ4n) is 3.29. The minimum absolute atomic E-state index is 0.00490. The summed E-state index contributed by atoms with van der Waals surface area (Å²) in [5.74, 6) is -0.654. The molecule has 31 heavy (non-hydrogen) atoms. The van der Waals surface area contributed by atoms with Crippen LogP contribution >= 0.6 is 0 Å². The van der Waals surface area contributed by atoms with Crippen molar-refractivity contribution in [3.05, 3.63) is 78.0 Å². The van der Waals surface area contributed by atoms with Crippen molar-refractivity contribution < 1.29 is 23.8 Å². The van der Waals surface area contributed by atoms with E-state index in [0.29, 0.717) is 30.0 Å². The second-order valence-corrected chi connectivity index (χ2v) is 6.55. The minimum Gasteiger partial charge on any atom is -0.494 e. The molecule has 0 saturated heterocycles. The third-order valence-corrected chi connectivity index (χ3v) is 4.65. The Morgan fingerprint density at radius 3 is 2.39 bits per heavy atom. The van der Waals surface area contributed by atoms with E-state index >= 15 is 0 Å². The topological polar surface area (TPSA) is 79.7 Å². The first kappa shape index (κ1) is 21.8. The molecule has 1 heterocycles. The highest BCUT2D eigenvalue weighted by Gasteiger charge is 2.31. The average Bonchev–Trinajstić information content (AvgIpc) is 3.20. The number of hydrogen-bond acceptors (Lipinski definition) is 6. The minimum atomic E-state index is -0.694. The first-order valence-electron chi connectivity index (χ1n) is 9.77. The van der Waals surface area contributed by atoms with Crippen LogP contribution in [0.25, 0.3) is 16.9 Å². The van der Waals surface area contributed by atoms with Crippen LogP contribution in [-0.4, -0.2) is 42.5 Å². The van der Waals surface area contributed by atoms with Gasteiger partial charge in [0, 0.05) is 5.56 Å². The number of aromatic nitrogens is 2. The van der Waals surface area contributed by atoms with Gasteiger partial charge >= 0.3 is 11.9 Å². The fourth-order valence-corrected chi connectivity index (χ4v) is 3.29. The molecule has 2 aromatic carbocycles. The van der Waals surface area contributed by atoms with E-state index in [0.717, 1.165) is 11.3 Å². The lowest BCUT2D eigenvalue weighted by atomic mass is 10.0. The van der Waals surface area contributed by atoms with Crippen LogP contribution in [0.3, 0.4) is 0 Å². The normalized spacial score (nSPS) is 10.4. The highest BCUT2D eigenvalue weighted by atomic mass is 16.5. The largest absolute Gasteiger partial charge is 0.494 e. The number of para-hydroxylation sites is 1. The second-order valence-electron chi connectivity index (χ2n) is 6.55. The number of rotatable bonds is 8.